The van der Waals surface area contributed by atoms with Crippen LogP contribution in [0.5, 0.6) is 11.5 Å². The van der Waals surface area contributed by atoms with Gasteiger partial charge >= 0.3 is 0 Å². The Morgan fingerprint density at radius 1 is 0.917 bits per heavy atom. The first-order valence-electron chi connectivity index (χ1n) is 12.1. The number of methoxy groups -OCH3 is 1. The second-order valence-electron chi connectivity index (χ2n) is 9.73. The van der Waals surface area contributed by atoms with Crippen LogP contribution in [-0.2, 0) is 28.0 Å². The number of carbonyl (C=O) groups is 2. The van der Waals surface area contributed by atoms with Crippen molar-refractivity contribution in [3.8, 4) is 11.5 Å². The Balaban J connectivity index is 1.92. The summed E-state index contributed by atoms with van der Waals surface area (Å²) in [5, 5.41) is 2.73. The highest BCUT2D eigenvalue weighted by atomic mass is 16.5. The van der Waals surface area contributed by atoms with Gasteiger partial charge in [0, 0.05) is 20.0 Å². The highest BCUT2D eigenvalue weighted by Gasteiger charge is 2.30. The van der Waals surface area contributed by atoms with Crippen molar-refractivity contribution in [3.63, 3.8) is 0 Å². The maximum atomic E-state index is 13.7. The lowest BCUT2D eigenvalue weighted by molar-refractivity contribution is -0.142. The van der Waals surface area contributed by atoms with Crippen molar-refractivity contribution in [1.29, 1.82) is 0 Å². The van der Waals surface area contributed by atoms with Crippen LogP contribution in [-0.4, -0.2) is 43.5 Å². The average Bonchev–Trinajstić information content (AvgIpc) is 2.89. The van der Waals surface area contributed by atoms with Crippen LogP contribution < -0.4 is 14.8 Å². The summed E-state index contributed by atoms with van der Waals surface area (Å²) in [5.74, 6) is 0.852. The monoisotopic (exact) mass is 488 g/mol. The number of ether oxygens (including phenoxy) is 2. The fraction of sp³-hybridized carbons (Fsp3) is 0.333. The van der Waals surface area contributed by atoms with E-state index in [4.69, 9.17) is 9.47 Å². The lowest BCUT2D eigenvalue weighted by Gasteiger charge is -2.31. The summed E-state index contributed by atoms with van der Waals surface area (Å²) in [6.07, 6.45) is 0.384. The van der Waals surface area contributed by atoms with Gasteiger partial charge in [0.25, 0.3) is 5.91 Å². The number of carbonyl (C=O) groups excluding carboxylic acids is 2. The minimum atomic E-state index is -0.711. The second-order valence-corrected chi connectivity index (χ2v) is 9.73. The Bertz CT molecular complexity index is 1150. The minimum Gasteiger partial charge on any atom is -0.497 e. The van der Waals surface area contributed by atoms with Crippen LogP contribution in [0.25, 0.3) is 0 Å². The third-order valence-corrected chi connectivity index (χ3v) is 6.05. The molecule has 0 spiro atoms. The summed E-state index contributed by atoms with van der Waals surface area (Å²) >= 11 is 0. The molecule has 3 aromatic rings. The molecule has 1 atom stereocenters. The number of amides is 2. The minimum absolute atomic E-state index is 0.141. The molecule has 0 aliphatic heterocycles. The fourth-order valence-corrected chi connectivity index (χ4v) is 4.12. The predicted molar refractivity (Wildman–Crippen MR) is 142 cm³/mol. The van der Waals surface area contributed by atoms with E-state index in [-0.39, 0.29) is 30.4 Å². The molecule has 0 heterocycles. The largest absolute Gasteiger partial charge is 0.497 e. The smallest absolute Gasteiger partial charge is 0.261 e. The van der Waals surface area contributed by atoms with Crippen molar-refractivity contribution in [2.45, 2.75) is 45.2 Å². The van der Waals surface area contributed by atoms with Gasteiger partial charge in [-0.25, -0.2) is 0 Å². The number of hydrogen-bond acceptors (Lipinski definition) is 4. The van der Waals surface area contributed by atoms with Crippen LogP contribution >= 0.6 is 0 Å². The third-order valence-electron chi connectivity index (χ3n) is 6.05. The van der Waals surface area contributed by atoms with E-state index >= 15 is 0 Å². The zero-order chi connectivity index (χ0) is 26.1. The molecule has 190 valence electrons. The molecular formula is C30H36N2O4. The Kier molecular flexibility index (Phi) is 9.12. The first-order chi connectivity index (χ1) is 17.2. The van der Waals surface area contributed by atoms with Crippen molar-refractivity contribution < 1.29 is 19.1 Å². The van der Waals surface area contributed by atoms with Crippen LogP contribution in [0.1, 0.15) is 37.5 Å². The Morgan fingerprint density at radius 3 is 2.25 bits per heavy atom. The van der Waals surface area contributed by atoms with Gasteiger partial charge in [-0.3, -0.25) is 9.59 Å². The maximum Gasteiger partial charge on any atom is 0.261 e. The molecule has 0 fully saturated rings. The van der Waals surface area contributed by atoms with E-state index in [1.807, 2.05) is 78.9 Å². The lowest BCUT2D eigenvalue weighted by Crippen LogP contribution is -2.51. The Hall–Kier alpha value is -3.80. The molecule has 1 unspecified atom stereocenters. The van der Waals surface area contributed by atoms with Crippen LogP contribution in [0.15, 0.2) is 78.9 Å². The zero-order valence-electron chi connectivity index (χ0n) is 21.8. The van der Waals surface area contributed by atoms with Gasteiger partial charge < -0.3 is 19.7 Å². The SMILES string of the molecule is CNC(=O)C(Cc1ccccc1)N(Cc1cccc(OC)c1)C(=O)COc1ccccc1C(C)(C)C. The molecule has 6 nitrogen and oxygen atoms in total. The van der Waals surface area contributed by atoms with Gasteiger partial charge in [-0.1, -0.05) is 81.4 Å². The number of nitrogens with one attached hydrogen (secondary N) is 1. The quantitative estimate of drug-likeness (QED) is 0.447. The average molecular weight is 489 g/mol. The van der Waals surface area contributed by atoms with Crippen LogP contribution in [0.3, 0.4) is 0 Å². The second kappa shape index (κ2) is 12.2. The van der Waals surface area contributed by atoms with Gasteiger partial charge in [0.05, 0.1) is 7.11 Å². The highest BCUT2D eigenvalue weighted by Crippen LogP contribution is 2.31. The van der Waals surface area contributed by atoms with Gasteiger partial charge in [0.2, 0.25) is 5.91 Å². The molecule has 0 aromatic heterocycles. The molecule has 3 rings (SSSR count). The first-order valence-corrected chi connectivity index (χ1v) is 12.1. The molecule has 3 aromatic carbocycles. The van der Waals surface area contributed by atoms with Crippen LogP contribution in [0.2, 0.25) is 0 Å². The molecule has 0 radical (unpaired) electrons. The number of nitrogens with zero attached hydrogens (tertiary/aromatic N) is 1. The normalized spacial score (nSPS) is 11.9. The molecule has 0 saturated heterocycles. The zero-order valence-corrected chi connectivity index (χ0v) is 21.8. The summed E-state index contributed by atoms with van der Waals surface area (Å²) in [5.41, 5.74) is 2.70. The summed E-state index contributed by atoms with van der Waals surface area (Å²) in [7, 11) is 3.19. The molecule has 6 heteroatoms. The topological polar surface area (TPSA) is 67.9 Å². The first kappa shape index (κ1) is 26.8. The van der Waals surface area contributed by atoms with Gasteiger partial charge in [-0.15, -0.1) is 0 Å². The van der Waals surface area contributed by atoms with E-state index in [1.165, 1.54) is 0 Å². The predicted octanol–water partition coefficient (Wildman–Crippen LogP) is 4.76. The summed E-state index contributed by atoms with van der Waals surface area (Å²) in [6, 6.07) is 24.3. The molecule has 1 N–H and O–H groups in total. The van der Waals surface area contributed by atoms with Crippen molar-refractivity contribution >= 4 is 11.8 Å². The number of likely N-dealkylation sites (N-methyl/N-ethyl adjacent to an activating group) is 1. The number of hydrogen-bond donors (Lipinski definition) is 1. The third kappa shape index (κ3) is 7.11. The van der Waals surface area contributed by atoms with E-state index in [0.29, 0.717) is 17.9 Å². The molecule has 0 aliphatic rings. The summed E-state index contributed by atoms with van der Waals surface area (Å²) in [4.78, 5) is 28.3. The van der Waals surface area contributed by atoms with E-state index < -0.39 is 6.04 Å². The van der Waals surface area contributed by atoms with Crippen molar-refractivity contribution in [1.82, 2.24) is 10.2 Å². The van der Waals surface area contributed by atoms with Crippen LogP contribution in [0, 0.1) is 0 Å². The van der Waals surface area contributed by atoms with E-state index in [9.17, 15) is 9.59 Å². The van der Waals surface area contributed by atoms with Gasteiger partial charge in [-0.05, 0) is 40.3 Å². The summed E-state index contributed by atoms with van der Waals surface area (Å²) < 4.78 is 11.4. The van der Waals surface area contributed by atoms with Gasteiger partial charge in [0.1, 0.15) is 17.5 Å². The highest BCUT2D eigenvalue weighted by molar-refractivity contribution is 5.88. The Morgan fingerprint density at radius 2 is 1.58 bits per heavy atom. The number of para-hydroxylation sites is 1. The molecule has 0 aliphatic carbocycles. The van der Waals surface area contributed by atoms with E-state index in [2.05, 4.69) is 26.1 Å². The molecule has 36 heavy (non-hydrogen) atoms. The van der Waals surface area contributed by atoms with Gasteiger partial charge in [-0.2, -0.15) is 0 Å². The van der Waals surface area contributed by atoms with E-state index in [1.54, 1.807) is 19.1 Å². The molecule has 0 bridgehead atoms. The van der Waals surface area contributed by atoms with Crippen molar-refractivity contribution in [2.75, 3.05) is 20.8 Å². The number of benzene rings is 3. The molecule has 2 amide bonds. The summed E-state index contributed by atoms with van der Waals surface area (Å²) in [6.45, 7) is 6.37. The Labute approximate surface area is 214 Å². The van der Waals surface area contributed by atoms with Crippen LogP contribution in [0.4, 0.5) is 0 Å². The van der Waals surface area contributed by atoms with Crippen molar-refractivity contribution in [2.24, 2.45) is 0 Å². The van der Waals surface area contributed by atoms with Crippen molar-refractivity contribution in [3.05, 3.63) is 95.6 Å². The standard InChI is InChI=1S/C30H36N2O4/c1-30(2,3)25-16-9-10-17-27(25)36-21-28(33)32(20-23-14-11-15-24(18-23)35-5)26(29(34)31-4)19-22-12-7-6-8-13-22/h6-18,26H,19-21H2,1-5H3,(H,31,34). The van der Waals surface area contributed by atoms with Gasteiger partial charge in [0.15, 0.2) is 6.61 Å². The molecular weight excluding hydrogens is 452 g/mol. The van der Waals surface area contributed by atoms with E-state index in [0.717, 1.165) is 16.7 Å². The lowest BCUT2D eigenvalue weighted by atomic mass is 9.86. The molecule has 0 saturated carbocycles. The number of rotatable bonds is 10. The maximum absolute atomic E-state index is 13.7. The fourth-order valence-electron chi connectivity index (χ4n) is 4.12.